The SMILES string of the molecule is C#C[C@@H]1CN(C)C[C@@H]1O. The number of terminal acetylenes is 1. The van der Waals surface area contributed by atoms with Crippen molar-refractivity contribution in [1.29, 1.82) is 0 Å². The zero-order chi connectivity index (χ0) is 6.85. The molecule has 1 fully saturated rings. The van der Waals surface area contributed by atoms with E-state index in [1.807, 2.05) is 11.9 Å². The van der Waals surface area contributed by atoms with Crippen LogP contribution in [0.3, 0.4) is 0 Å². The second kappa shape index (κ2) is 2.38. The Labute approximate surface area is 55.5 Å². The number of hydrogen-bond acceptors (Lipinski definition) is 2. The van der Waals surface area contributed by atoms with Crippen LogP contribution in [0, 0.1) is 18.3 Å². The largest absolute Gasteiger partial charge is 0.390 e. The molecule has 1 rings (SSSR count). The molecule has 0 bridgehead atoms. The van der Waals surface area contributed by atoms with E-state index in [9.17, 15) is 5.11 Å². The first-order valence-corrected chi connectivity index (χ1v) is 3.07. The van der Waals surface area contributed by atoms with Crippen molar-refractivity contribution in [2.45, 2.75) is 6.10 Å². The third-order valence-electron chi connectivity index (χ3n) is 1.69. The smallest absolute Gasteiger partial charge is 0.0816 e. The molecular weight excluding hydrogens is 114 g/mol. The summed E-state index contributed by atoms with van der Waals surface area (Å²) in [5.74, 6) is 2.60. The molecule has 1 heterocycles. The van der Waals surface area contributed by atoms with Gasteiger partial charge in [-0.2, -0.15) is 0 Å². The molecule has 50 valence electrons. The van der Waals surface area contributed by atoms with Crippen LogP contribution >= 0.6 is 0 Å². The lowest BCUT2D eigenvalue weighted by Gasteiger charge is -2.02. The van der Waals surface area contributed by atoms with Crippen LogP contribution in [0.4, 0.5) is 0 Å². The molecule has 1 saturated heterocycles. The lowest BCUT2D eigenvalue weighted by atomic mass is 10.1. The molecule has 9 heavy (non-hydrogen) atoms. The highest BCUT2D eigenvalue weighted by Crippen LogP contribution is 2.13. The normalized spacial score (nSPS) is 36.6. The summed E-state index contributed by atoms with van der Waals surface area (Å²) < 4.78 is 0. The van der Waals surface area contributed by atoms with Gasteiger partial charge in [-0.15, -0.1) is 6.42 Å². The number of likely N-dealkylation sites (N-methyl/N-ethyl adjacent to an activating group) is 1. The monoisotopic (exact) mass is 125 g/mol. The first-order chi connectivity index (χ1) is 4.24. The van der Waals surface area contributed by atoms with Crippen LogP contribution in [-0.4, -0.2) is 36.2 Å². The molecule has 0 spiro atoms. The van der Waals surface area contributed by atoms with E-state index < -0.39 is 0 Å². The first-order valence-electron chi connectivity index (χ1n) is 3.07. The Kier molecular flexibility index (Phi) is 1.75. The molecule has 2 nitrogen and oxygen atoms in total. The van der Waals surface area contributed by atoms with Gasteiger partial charge in [0.2, 0.25) is 0 Å². The highest BCUT2D eigenvalue weighted by molar-refractivity contribution is 5.02. The van der Waals surface area contributed by atoms with Crippen LogP contribution < -0.4 is 0 Å². The summed E-state index contributed by atoms with van der Waals surface area (Å²) in [6.07, 6.45) is 4.84. The molecule has 0 unspecified atom stereocenters. The van der Waals surface area contributed by atoms with E-state index in [1.165, 1.54) is 0 Å². The summed E-state index contributed by atoms with van der Waals surface area (Å²) in [4.78, 5) is 2.04. The average molecular weight is 125 g/mol. The van der Waals surface area contributed by atoms with Gasteiger partial charge in [-0.3, -0.25) is 0 Å². The van der Waals surface area contributed by atoms with Crippen molar-refractivity contribution in [1.82, 2.24) is 4.90 Å². The van der Waals surface area contributed by atoms with E-state index in [-0.39, 0.29) is 12.0 Å². The van der Waals surface area contributed by atoms with E-state index in [0.717, 1.165) is 13.1 Å². The van der Waals surface area contributed by atoms with Gasteiger partial charge in [-0.05, 0) is 7.05 Å². The van der Waals surface area contributed by atoms with Crippen LogP contribution in [0.15, 0.2) is 0 Å². The molecule has 2 heteroatoms. The van der Waals surface area contributed by atoms with Crippen molar-refractivity contribution in [3.63, 3.8) is 0 Å². The van der Waals surface area contributed by atoms with Gasteiger partial charge in [-0.25, -0.2) is 0 Å². The Morgan fingerprint density at radius 2 is 2.33 bits per heavy atom. The van der Waals surface area contributed by atoms with Gasteiger partial charge in [-0.1, -0.05) is 5.92 Å². The highest BCUT2D eigenvalue weighted by atomic mass is 16.3. The Balaban J connectivity index is 2.50. The van der Waals surface area contributed by atoms with Crippen LogP contribution in [0.1, 0.15) is 0 Å². The van der Waals surface area contributed by atoms with E-state index in [2.05, 4.69) is 5.92 Å². The minimum Gasteiger partial charge on any atom is -0.390 e. The molecule has 0 aromatic carbocycles. The Morgan fingerprint density at radius 1 is 1.67 bits per heavy atom. The van der Waals surface area contributed by atoms with Crippen LogP contribution in [0.2, 0.25) is 0 Å². The van der Waals surface area contributed by atoms with Crippen LogP contribution in [-0.2, 0) is 0 Å². The molecule has 0 amide bonds. The van der Waals surface area contributed by atoms with Gasteiger partial charge in [0.25, 0.3) is 0 Å². The predicted molar refractivity (Wildman–Crippen MR) is 35.8 cm³/mol. The lowest BCUT2D eigenvalue weighted by molar-refractivity contribution is 0.163. The Hall–Kier alpha value is -0.520. The Morgan fingerprint density at radius 3 is 2.56 bits per heavy atom. The molecule has 1 aliphatic heterocycles. The third-order valence-corrected chi connectivity index (χ3v) is 1.69. The van der Waals surface area contributed by atoms with E-state index in [1.54, 1.807) is 0 Å². The Bertz CT molecular complexity index is 138. The zero-order valence-corrected chi connectivity index (χ0v) is 5.54. The summed E-state index contributed by atoms with van der Waals surface area (Å²) >= 11 is 0. The fourth-order valence-electron chi connectivity index (χ4n) is 1.14. The maximum atomic E-state index is 9.18. The fourth-order valence-corrected chi connectivity index (χ4v) is 1.14. The molecular formula is C7H11NO. The maximum absolute atomic E-state index is 9.18. The van der Waals surface area contributed by atoms with Gasteiger partial charge in [0.15, 0.2) is 0 Å². The number of aliphatic hydroxyl groups excluding tert-OH is 1. The van der Waals surface area contributed by atoms with Crippen LogP contribution in [0.5, 0.6) is 0 Å². The molecule has 0 aromatic rings. The van der Waals surface area contributed by atoms with Crippen molar-refractivity contribution in [2.75, 3.05) is 20.1 Å². The van der Waals surface area contributed by atoms with Gasteiger partial charge in [0.1, 0.15) is 0 Å². The zero-order valence-electron chi connectivity index (χ0n) is 5.54. The number of aliphatic hydroxyl groups is 1. The minimum absolute atomic E-state index is 0.0509. The molecule has 0 radical (unpaired) electrons. The summed E-state index contributed by atoms with van der Waals surface area (Å²) in [5, 5.41) is 9.18. The molecule has 0 aromatic heterocycles. The van der Waals surface area contributed by atoms with Gasteiger partial charge < -0.3 is 10.0 Å². The van der Waals surface area contributed by atoms with Crippen molar-refractivity contribution < 1.29 is 5.11 Å². The first kappa shape index (κ1) is 6.60. The third kappa shape index (κ3) is 1.24. The number of β-amino-alcohol motifs (C(OH)–C–C–N with tert-alkyl or cyclic N) is 1. The fraction of sp³-hybridized carbons (Fsp3) is 0.714. The highest BCUT2D eigenvalue weighted by Gasteiger charge is 2.26. The molecule has 0 aliphatic carbocycles. The maximum Gasteiger partial charge on any atom is 0.0816 e. The number of hydrogen-bond donors (Lipinski definition) is 1. The van der Waals surface area contributed by atoms with Gasteiger partial charge >= 0.3 is 0 Å². The molecule has 1 N–H and O–H groups in total. The second-order valence-electron chi connectivity index (χ2n) is 2.56. The van der Waals surface area contributed by atoms with Crippen LogP contribution in [0.25, 0.3) is 0 Å². The summed E-state index contributed by atoms with van der Waals surface area (Å²) in [6.45, 7) is 1.55. The van der Waals surface area contributed by atoms with Crippen molar-refractivity contribution >= 4 is 0 Å². The number of rotatable bonds is 0. The molecule has 0 saturated carbocycles. The van der Waals surface area contributed by atoms with E-state index in [4.69, 9.17) is 6.42 Å². The number of nitrogens with zero attached hydrogens (tertiary/aromatic N) is 1. The second-order valence-corrected chi connectivity index (χ2v) is 2.56. The average Bonchev–Trinajstić information content (AvgIpc) is 2.10. The molecule has 2 atom stereocenters. The van der Waals surface area contributed by atoms with Crippen molar-refractivity contribution in [3.05, 3.63) is 0 Å². The summed E-state index contributed by atoms with van der Waals surface area (Å²) in [6, 6.07) is 0. The quantitative estimate of drug-likeness (QED) is 0.443. The van der Waals surface area contributed by atoms with Gasteiger partial charge in [0.05, 0.1) is 12.0 Å². The predicted octanol–water partition coefficient (Wildman–Crippen LogP) is -0.458. The van der Waals surface area contributed by atoms with Gasteiger partial charge in [0, 0.05) is 13.1 Å². The molecule has 1 aliphatic rings. The standard InChI is InChI=1S/C7H11NO/c1-3-6-4-8(2)5-7(6)9/h1,6-7,9H,4-5H2,2H3/t6-,7+/m1/s1. The topological polar surface area (TPSA) is 23.5 Å². The summed E-state index contributed by atoms with van der Waals surface area (Å²) in [5.41, 5.74) is 0. The summed E-state index contributed by atoms with van der Waals surface area (Å²) in [7, 11) is 1.96. The lowest BCUT2D eigenvalue weighted by Crippen LogP contribution is -2.16. The van der Waals surface area contributed by atoms with Crippen molar-refractivity contribution in [2.24, 2.45) is 5.92 Å². The van der Waals surface area contributed by atoms with Crippen molar-refractivity contribution in [3.8, 4) is 12.3 Å². The number of likely N-dealkylation sites (tertiary alicyclic amines) is 1. The minimum atomic E-state index is -0.306. The van der Waals surface area contributed by atoms with E-state index in [0.29, 0.717) is 0 Å². The van der Waals surface area contributed by atoms with E-state index >= 15 is 0 Å².